The second-order valence-electron chi connectivity index (χ2n) is 6.45. The van der Waals surface area contributed by atoms with Crippen molar-refractivity contribution in [3.8, 4) is 6.07 Å². The Hall–Kier alpha value is -1.73. The molecule has 0 aliphatic carbocycles. The molecule has 0 atom stereocenters. The van der Waals surface area contributed by atoms with Gasteiger partial charge in [0.25, 0.3) is 10.0 Å². The van der Waals surface area contributed by atoms with Gasteiger partial charge in [-0.05, 0) is 37.0 Å². The van der Waals surface area contributed by atoms with Crippen LogP contribution >= 0.6 is 22.9 Å². The molecule has 150 valence electrons. The first-order chi connectivity index (χ1) is 13.4. The summed E-state index contributed by atoms with van der Waals surface area (Å²) in [6.07, 6.45) is 2.07. The standard InChI is InChI=1S/C18H22ClN5O2S2/c1-3-13-14(12-20)18(22-21-15(13)4-2)23-8-5-9-24(11-10-23)28(25,26)17-7-6-16(19)27-17/h6-7H,3-5,8-11H2,1-2H3. The minimum absolute atomic E-state index is 0.254. The molecule has 2 aromatic rings. The summed E-state index contributed by atoms with van der Waals surface area (Å²) in [7, 11) is -3.57. The predicted octanol–water partition coefficient (Wildman–Crippen LogP) is 3.09. The molecule has 0 amide bonds. The third-order valence-corrected chi connectivity index (χ3v) is 8.43. The molecule has 0 unspecified atom stereocenters. The number of rotatable bonds is 5. The first-order valence-corrected chi connectivity index (χ1v) is 11.8. The van der Waals surface area contributed by atoms with Crippen molar-refractivity contribution < 1.29 is 8.42 Å². The number of sulfonamides is 1. The number of anilines is 1. The van der Waals surface area contributed by atoms with E-state index in [2.05, 4.69) is 16.3 Å². The molecular formula is C18H22ClN5O2S2. The average Bonchev–Trinajstić information content (AvgIpc) is 2.99. The van der Waals surface area contributed by atoms with Crippen LogP contribution in [0.25, 0.3) is 0 Å². The Morgan fingerprint density at radius 2 is 1.96 bits per heavy atom. The summed E-state index contributed by atoms with van der Waals surface area (Å²) in [4.78, 5) is 1.97. The van der Waals surface area contributed by atoms with Gasteiger partial charge >= 0.3 is 0 Å². The minimum atomic E-state index is -3.57. The highest BCUT2D eigenvalue weighted by Crippen LogP contribution is 2.29. The van der Waals surface area contributed by atoms with Crippen LogP contribution in [0.4, 0.5) is 5.82 Å². The Morgan fingerprint density at radius 3 is 2.57 bits per heavy atom. The summed E-state index contributed by atoms with van der Waals surface area (Å²) in [5.41, 5.74) is 2.32. The van der Waals surface area contributed by atoms with E-state index in [1.54, 1.807) is 12.1 Å². The van der Waals surface area contributed by atoms with E-state index in [0.717, 1.165) is 29.0 Å². The van der Waals surface area contributed by atoms with Crippen LogP contribution in [0, 0.1) is 11.3 Å². The third-order valence-electron chi connectivity index (χ3n) is 4.84. The van der Waals surface area contributed by atoms with Gasteiger partial charge in [0.15, 0.2) is 5.82 Å². The lowest BCUT2D eigenvalue weighted by Gasteiger charge is -2.24. The van der Waals surface area contributed by atoms with E-state index in [4.69, 9.17) is 11.6 Å². The van der Waals surface area contributed by atoms with E-state index >= 15 is 0 Å². The first kappa shape index (κ1) is 21.0. The van der Waals surface area contributed by atoms with Crippen molar-refractivity contribution in [1.82, 2.24) is 14.5 Å². The van der Waals surface area contributed by atoms with Gasteiger partial charge in [-0.15, -0.1) is 16.4 Å². The van der Waals surface area contributed by atoms with Crippen molar-refractivity contribution >= 4 is 38.8 Å². The van der Waals surface area contributed by atoms with Crippen LogP contribution in [0.1, 0.15) is 37.1 Å². The normalized spacial score (nSPS) is 16.0. The number of nitriles is 1. The largest absolute Gasteiger partial charge is 0.353 e. The van der Waals surface area contributed by atoms with Gasteiger partial charge in [-0.2, -0.15) is 14.7 Å². The maximum atomic E-state index is 12.9. The zero-order chi connectivity index (χ0) is 20.3. The van der Waals surface area contributed by atoms with Gasteiger partial charge in [-0.1, -0.05) is 25.4 Å². The van der Waals surface area contributed by atoms with Crippen LogP contribution < -0.4 is 4.90 Å². The average molecular weight is 440 g/mol. The Labute approximate surface area is 174 Å². The number of thiophene rings is 1. The van der Waals surface area contributed by atoms with Gasteiger partial charge < -0.3 is 4.90 Å². The molecule has 0 bridgehead atoms. The van der Waals surface area contributed by atoms with Crippen LogP contribution in [0.3, 0.4) is 0 Å². The predicted molar refractivity (Wildman–Crippen MR) is 110 cm³/mol. The Kier molecular flexibility index (Phi) is 6.55. The first-order valence-electron chi connectivity index (χ1n) is 9.21. The zero-order valence-corrected chi connectivity index (χ0v) is 18.2. The summed E-state index contributed by atoms with van der Waals surface area (Å²) in [6, 6.07) is 5.43. The summed E-state index contributed by atoms with van der Waals surface area (Å²) >= 11 is 6.97. The number of hydrogen-bond acceptors (Lipinski definition) is 7. The summed E-state index contributed by atoms with van der Waals surface area (Å²) < 4.78 is 28.0. The van der Waals surface area contributed by atoms with Gasteiger partial charge in [-0.3, -0.25) is 0 Å². The minimum Gasteiger partial charge on any atom is -0.353 e. The molecule has 0 saturated carbocycles. The van der Waals surface area contributed by atoms with E-state index in [1.807, 2.05) is 18.7 Å². The SMILES string of the molecule is CCc1nnc(N2CCCN(S(=O)(=O)c3ccc(Cl)s3)CC2)c(C#N)c1CC. The highest BCUT2D eigenvalue weighted by atomic mass is 35.5. The second kappa shape index (κ2) is 8.74. The molecule has 3 heterocycles. The second-order valence-corrected chi connectivity index (χ2v) is 10.3. The Bertz CT molecular complexity index is 1000. The molecule has 1 saturated heterocycles. The molecule has 1 fully saturated rings. The Morgan fingerprint density at radius 1 is 1.18 bits per heavy atom. The quantitative estimate of drug-likeness (QED) is 0.711. The van der Waals surface area contributed by atoms with Gasteiger partial charge in [-0.25, -0.2) is 8.42 Å². The fourth-order valence-electron chi connectivity index (χ4n) is 3.41. The van der Waals surface area contributed by atoms with Crippen molar-refractivity contribution in [1.29, 1.82) is 5.26 Å². The van der Waals surface area contributed by atoms with Gasteiger partial charge in [0.1, 0.15) is 15.8 Å². The molecule has 1 aliphatic rings. The van der Waals surface area contributed by atoms with Crippen molar-refractivity contribution in [2.75, 3.05) is 31.1 Å². The van der Waals surface area contributed by atoms with E-state index in [1.165, 1.54) is 4.31 Å². The summed E-state index contributed by atoms with van der Waals surface area (Å²) in [6.45, 7) is 5.81. The third kappa shape index (κ3) is 4.01. The molecule has 10 heteroatoms. The van der Waals surface area contributed by atoms with Crippen LogP contribution in [0.15, 0.2) is 16.3 Å². The molecule has 7 nitrogen and oxygen atoms in total. The molecule has 2 aromatic heterocycles. The zero-order valence-electron chi connectivity index (χ0n) is 15.9. The fraction of sp³-hybridized carbons (Fsp3) is 0.500. The van der Waals surface area contributed by atoms with Crippen LogP contribution in [-0.2, 0) is 22.9 Å². The lowest BCUT2D eigenvalue weighted by atomic mass is 10.0. The van der Waals surface area contributed by atoms with Crippen molar-refractivity contribution in [3.63, 3.8) is 0 Å². The maximum absolute atomic E-state index is 12.9. The summed E-state index contributed by atoms with van der Waals surface area (Å²) in [5, 5.41) is 18.3. The van der Waals surface area contributed by atoms with Crippen LogP contribution in [0.2, 0.25) is 4.34 Å². The molecule has 0 aromatic carbocycles. The topological polar surface area (TPSA) is 90.2 Å². The highest BCUT2D eigenvalue weighted by Gasteiger charge is 2.29. The molecule has 0 N–H and O–H groups in total. The lowest BCUT2D eigenvalue weighted by molar-refractivity contribution is 0.434. The van der Waals surface area contributed by atoms with Crippen LogP contribution in [0.5, 0.6) is 0 Å². The van der Waals surface area contributed by atoms with E-state index in [0.29, 0.717) is 54.7 Å². The molecule has 28 heavy (non-hydrogen) atoms. The number of aromatic nitrogens is 2. The molecule has 0 spiro atoms. The summed E-state index contributed by atoms with van der Waals surface area (Å²) in [5.74, 6) is 0.551. The molecular weight excluding hydrogens is 418 g/mol. The van der Waals surface area contributed by atoms with E-state index in [9.17, 15) is 13.7 Å². The van der Waals surface area contributed by atoms with E-state index < -0.39 is 10.0 Å². The number of nitrogens with zero attached hydrogens (tertiary/aromatic N) is 5. The van der Waals surface area contributed by atoms with Gasteiger partial charge in [0.05, 0.1) is 10.0 Å². The number of aryl methyl sites for hydroxylation is 1. The van der Waals surface area contributed by atoms with Crippen molar-refractivity contribution in [3.05, 3.63) is 33.3 Å². The van der Waals surface area contributed by atoms with Crippen LogP contribution in [-0.4, -0.2) is 49.1 Å². The lowest BCUT2D eigenvalue weighted by Crippen LogP contribution is -2.35. The highest BCUT2D eigenvalue weighted by molar-refractivity contribution is 7.91. The fourth-order valence-corrected chi connectivity index (χ4v) is 6.52. The molecule has 3 rings (SSSR count). The van der Waals surface area contributed by atoms with E-state index in [-0.39, 0.29) is 4.21 Å². The van der Waals surface area contributed by atoms with Crippen molar-refractivity contribution in [2.45, 2.75) is 37.3 Å². The maximum Gasteiger partial charge on any atom is 0.252 e. The van der Waals surface area contributed by atoms with Crippen molar-refractivity contribution in [2.24, 2.45) is 0 Å². The van der Waals surface area contributed by atoms with Gasteiger partial charge in [0.2, 0.25) is 0 Å². The smallest absolute Gasteiger partial charge is 0.252 e. The monoisotopic (exact) mass is 439 g/mol. The van der Waals surface area contributed by atoms with Gasteiger partial charge in [0, 0.05) is 26.2 Å². The molecule has 0 radical (unpaired) electrons. The molecule has 1 aliphatic heterocycles. The Balaban J connectivity index is 1.86. The number of hydrogen-bond donors (Lipinski definition) is 0. The number of halogens is 1.